The van der Waals surface area contributed by atoms with Crippen LogP contribution in [-0.2, 0) is 11.2 Å². The molecule has 3 amide bonds. The van der Waals surface area contributed by atoms with E-state index in [2.05, 4.69) is 22.9 Å². The summed E-state index contributed by atoms with van der Waals surface area (Å²) in [6, 6.07) is 14.0. The summed E-state index contributed by atoms with van der Waals surface area (Å²) in [5.41, 5.74) is 3.07. The minimum Gasteiger partial charge on any atom is -0.341 e. The summed E-state index contributed by atoms with van der Waals surface area (Å²) < 4.78 is 0. The number of rotatable bonds is 8. The van der Waals surface area contributed by atoms with E-state index in [1.54, 1.807) is 24.3 Å². The van der Waals surface area contributed by atoms with Gasteiger partial charge in [-0.3, -0.25) is 9.59 Å². The average molecular weight is 367 g/mol. The van der Waals surface area contributed by atoms with E-state index in [1.807, 2.05) is 24.3 Å². The van der Waals surface area contributed by atoms with Crippen LogP contribution in [0.4, 0.5) is 16.2 Å². The first-order valence-corrected chi connectivity index (χ1v) is 9.02. The minimum absolute atomic E-state index is 0.0432. The van der Waals surface area contributed by atoms with Gasteiger partial charge in [-0.1, -0.05) is 37.6 Å². The van der Waals surface area contributed by atoms with Crippen LogP contribution in [0.15, 0.2) is 48.5 Å². The monoisotopic (exact) mass is 367 g/mol. The second-order valence-corrected chi connectivity index (χ2v) is 6.20. The number of benzene rings is 2. The molecule has 0 heterocycles. The Hall–Kier alpha value is -3.15. The lowest BCUT2D eigenvalue weighted by atomic mass is 10.0. The fourth-order valence-corrected chi connectivity index (χ4v) is 2.57. The van der Waals surface area contributed by atoms with Crippen molar-refractivity contribution in [1.82, 2.24) is 5.32 Å². The summed E-state index contributed by atoms with van der Waals surface area (Å²) in [6.45, 7) is 2.11. The second-order valence-electron chi connectivity index (χ2n) is 6.20. The van der Waals surface area contributed by atoms with Gasteiger partial charge in [-0.25, -0.2) is 4.79 Å². The molecule has 6 heteroatoms. The predicted molar refractivity (Wildman–Crippen MR) is 107 cm³/mol. The van der Waals surface area contributed by atoms with Gasteiger partial charge in [-0.15, -0.1) is 0 Å². The number of urea groups is 1. The maximum atomic E-state index is 12.2. The van der Waals surface area contributed by atoms with Crippen LogP contribution in [-0.4, -0.2) is 24.8 Å². The molecular weight excluding hydrogens is 342 g/mol. The molecule has 0 spiro atoms. The molecule has 0 saturated heterocycles. The smallest absolute Gasteiger partial charge is 0.318 e. The Morgan fingerprint density at radius 3 is 1.96 bits per heavy atom. The van der Waals surface area contributed by atoms with Crippen molar-refractivity contribution in [2.24, 2.45) is 0 Å². The lowest BCUT2D eigenvalue weighted by Gasteiger charge is -2.08. The SMILES string of the molecule is CCCc1ccc(C(=O)CCC(=O)Nc2ccc(NC(=O)NC)cc2)cc1. The Labute approximate surface area is 159 Å². The van der Waals surface area contributed by atoms with Crippen molar-refractivity contribution in [2.75, 3.05) is 17.7 Å². The molecule has 2 aromatic carbocycles. The summed E-state index contributed by atoms with van der Waals surface area (Å²) in [7, 11) is 1.53. The van der Waals surface area contributed by atoms with Crippen LogP contribution in [0.1, 0.15) is 42.1 Å². The van der Waals surface area contributed by atoms with E-state index < -0.39 is 0 Å². The largest absolute Gasteiger partial charge is 0.341 e. The molecule has 0 saturated carbocycles. The minimum atomic E-state index is -0.312. The Kier molecular flexibility index (Phi) is 7.55. The van der Waals surface area contributed by atoms with Crippen molar-refractivity contribution < 1.29 is 14.4 Å². The third-order valence-electron chi connectivity index (χ3n) is 4.05. The molecule has 0 atom stereocenters. The van der Waals surface area contributed by atoms with Gasteiger partial charge >= 0.3 is 6.03 Å². The molecule has 6 nitrogen and oxygen atoms in total. The fourth-order valence-electron chi connectivity index (χ4n) is 2.57. The van der Waals surface area contributed by atoms with Gasteiger partial charge in [0.15, 0.2) is 5.78 Å². The molecule has 0 bridgehead atoms. The van der Waals surface area contributed by atoms with Crippen LogP contribution >= 0.6 is 0 Å². The summed E-state index contributed by atoms with van der Waals surface area (Å²) in [5, 5.41) is 7.84. The Morgan fingerprint density at radius 1 is 0.815 bits per heavy atom. The lowest BCUT2D eigenvalue weighted by Crippen LogP contribution is -2.24. The fraction of sp³-hybridized carbons (Fsp3) is 0.286. The maximum Gasteiger partial charge on any atom is 0.318 e. The number of carbonyl (C=O) groups is 3. The molecule has 0 unspecified atom stereocenters. The lowest BCUT2D eigenvalue weighted by molar-refractivity contribution is -0.116. The van der Waals surface area contributed by atoms with E-state index in [4.69, 9.17) is 0 Å². The predicted octanol–water partition coefficient (Wildman–Crippen LogP) is 3.99. The van der Waals surface area contributed by atoms with E-state index in [0.29, 0.717) is 16.9 Å². The standard InChI is InChI=1S/C21H25N3O3/c1-3-4-15-5-7-16(8-6-15)19(25)13-14-20(26)23-17-9-11-18(12-10-17)24-21(27)22-2/h5-12H,3-4,13-14H2,1-2H3,(H,23,26)(H2,22,24,27). The van der Waals surface area contributed by atoms with Gasteiger partial charge in [0.25, 0.3) is 0 Å². The van der Waals surface area contributed by atoms with E-state index in [1.165, 1.54) is 12.6 Å². The molecule has 0 aliphatic rings. The Morgan fingerprint density at radius 2 is 1.41 bits per heavy atom. The zero-order chi connectivity index (χ0) is 19.6. The highest BCUT2D eigenvalue weighted by atomic mass is 16.2. The van der Waals surface area contributed by atoms with Gasteiger partial charge in [0.2, 0.25) is 5.91 Å². The molecule has 0 aliphatic carbocycles. The first kappa shape index (κ1) is 20.2. The normalized spacial score (nSPS) is 10.1. The van der Waals surface area contributed by atoms with Crippen molar-refractivity contribution in [3.63, 3.8) is 0 Å². The average Bonchev–Trinajstić information content (AvgIpc) is 2.68. The number of hydrogen-bond acceptors (Lipinski definition) is 3. The number of Topliss-reactive ketones (excluding diaryl/α,β-unsaturated/α-hetero) is 1. The molecule has 0 aromatic heterocycles. The number of aryl methyl sites for hydroxylation is 1. The van der Waals surface area contributed by atoms with Crippen LogP contribution < -0.4 is 16.0 Å². The van der Waals surface area contributed by atoms with Crippen LogP contribution in [0.5, 0.6) is 0 Å². The van der Waals surface area contributed by atoms with Gasteiger partial charge in [0, 0.05) is 36.8 Å². The zero-order valence-corrected chi connectivity index (χ0v) is 15.7. The van der Waals surface area contributed by atoms with Crippen molar-refractivity contribution in [3.05, 3.63) is 59.7 Å². The number of nitrogens with one attached hydrogen (secondary N) is 3. The summed E-state index contributed by atoms with van der Waals surface area (Å²) in [4.78, 5) is 35.5. The van der Waals surface area contributed by atoms with E-state index in [0.717, 1.165) is 12.8 Å². The third-order valence-corrected chi connectivity index (χ3v) is 4.05. The molecule has 2 aromatic rings. The van der Waals surface area contributed by atoms with Crippen LogP contribution in [0.25, 0.3) is 0 Å². The molecular formula is C21H25N3O3. The van der Waals surface area contributed by atoms with Crippen molar-refractivity contribution >= 4 is 29.1 Å². The van der Waals surface area contributed by atoms with Gasteiger partial charge < -0.3 is 16.0 Å². The summed E-state index contributed by atoms with van der Waals surface area (Å²) in [5.74, 6) is -0.267. The van der Waals surface area contributed by atoms with Crippen LogP contribution in [0.2, 0.25) is 0 Å². The summed E-state index contributed by atoms with van der Waals surface area (Å²) >= 11 is 0. The zero-order valence-electron chi connectivity index (χ0n) is 15.7. The van der Waals surface area contributed by atoms with Gasteiger partial charge in [-0.05, 0) is 36.2 Å². The van der Waals surface area contributed by atoms with Crippen molar-refractivity contribution in [3.8, 4) is 0 Å². The molecule has 3 N–H and O–H groups in total. The van der Waals surface area contributed by atoms with E-state index in [-0.39, 0.29) is 30.6 Å². The number of anilines is 2. The highest BCUT2D eigenvalue weighted by molar-refractivity contribution is 6.00. The van der Waals surface area contributed by atoms with Gasteiger partial charge in [0.1, 0.15) is 0 Å². The number of carbonyl (C=O) groups excluding carboxylic acids is 3. The number of hydrogen-bond donors (Lipinski definition) is 3. The second kappa shape index (κ2) is 10.1. The van der Waals surface area contributed by atoms with E-state index >= 15 is 0 Å². The highest BCUT2D eigenvalue weighted by Crippen LogP contribution is 2.15. The van der Waals surface area contributed by atoms with Gasteiger partial charge in [-0.2, -0.15) is 0 Å². The van der Waals surface area contributed by atoms with Crippen molar-refractivity contribution in [2.45, 2.75) is 32.6 Å². The first-order valence-electron chi connectivity index (χ1n) is 9.02. The van der Waals surface area contributed by atoms with E-state index in [9.17, 15) is 14.4 Å². The molecule has 27 heavy (non-hydrogen) atoms. The topological polar surface area (TPSA) is 87.3 Å². The quantitative estimate of drug-likeness (QED) is 0.617. The summed E-state index contributed by atoms with van der Waals surface area (Å²) in [6.07, 6.45) is 2.34. The molecule has 0 fully saturated rings. The highest BCUT2D eigenvalue weighted by Gasteiger charge is 2.10. The maximum absolute atomic E-state index is 12.2. The Balaban J connectivity index is 1.81. The van der Waals surface area contributed by atoms with Crippen LogP contribution in [0, 0.1) is 0 Å². The van der Waals surface area contributed by atoms with Crippen molar-refractivity contribution in [1.29, 1.82) is 0 Å². The van der Waals surface area contributed by atoms with Crippen LogP contribution in [0.3, 0.4) is 0 Å². The van der Waals surface area contributed by atoms with Gasteiger partial charge in [0.05, 0.1) is 0 Å². The molecule has 142 valence electrons. The molecule has 0 radical (unpaired) electrons. The Bertz CT molecular complexity index is 783. The number of amides is 3. The third kappa shape index (κ3) is 6.58. The number of ketones is 1. The molecule has 2 rings (SSSR count). The molecule has 0 aliphatic heterocycles. The first-order chi connectivity index (χ1) is 13.0.